The minimum absolute atomic E-state index is 0.0712. The van der Waals surface area contributed by atoms with Gasteiger partial charge in [0, 0.05) is 13.6 Å². The van der Waals surface area contributed by atoms with Crippen molar-refractivity contribution in [2.75, 3.05) is 25.9 Å². The Balaban J connectivity index is 4.33. The SMILES string of the molecule is COC(=O)C(C)CN(C)S(=O)(=O)CCl. The van der Waals surface area contributed by atoms with Crippen LogP contribution in [0, 0.1) is 5.92 Å². The molecule has 0 radical (unpaired) electrons. The van der Waals surface area contributed by atoms with Gasteiger partial charge in [0.05, 0.1) is 13.0 Å². The largest absolute Gasteiger partial charge is 0.469 e. The molecule has 0 aliphatic carbocycles. The van der Waals surface area contributed by atoms with Gasteiger partial charge in [-0.25, -0.2) is 12.7 Å². The van der Waals surface area contributed by atoms with Crippen LogP contribution >= 0.6 is 11.6 Å². The van der Waals surface area contributed by atoms with Crippen LogP contribution in [0.3, 0.4) is 0 Å². The van der Waals surface area contributed by atoms with Crippen molar-refractivity contribution in [3.63, 3.8) is 0 Å². The maximum absolute atomic E-state index is 11.2. The zero-order valence-electron chi connectivity index (χ0n) is 8.36. The number of hydrogen-bond acceptors (Lipinski definition) is 4. The van der Waals surface area contributed by atoms with Gasteiger partial charge in [0.15, 0.2) is 0 Å². The summed E-state index contributed by atoms with van der Waals surface area (Å²) in [6.45, 7) is 1.66. The number of ether oxygens (including phenoxy) is 1. The molecule has 0 aliphatic rings. The Morgan fingerprint density at radius 2 is 2.07 bits per heavy atom. The second-order valence-electron chi connectivity index (χ2n) is 2.93. The number of nitrogens with zero attached hydrogens (tertiary/aromatic N) is 1. The van der Waals surface area contributed by atoms with Gasteiger partial charge in [-0.1, -0.05) is 6.92 Å². The van der Waals surface area contributed by atoms with Crippen LogP contribution in [0.15, 0.2) is 0 Å². The summed E-state index contributed by atoms with van der Waals surface area (Å²) >= 11 is 5.24. The van der Waals surface area contributed by atoms with Crippen LogP contribution in [0.4, 0.5) is 0 Å². The maximum Gasteiger partial charge on any atom is 0.309 e. The van der Waals surface area contributed by atoms with E-state index in [4.69, 9.17) is 11.6 Å². The summed E-state index contributed by atoms with van der Waals surface area (Å²) in [6, 6.07) is 0. The third-order valence-electron chi connectivity index (χ3n) is 1.75. The van der Waals surface area contributed by atoms with E-state index in [1.807, 2.05) is 0 Å². The number of halogens is 1. The Hall–Kier alpha value is -0.330. The molecule has 5 nitrogen and oxygen atoms in total. The third kappa shape index (κ3) is 3.81. The van der Waals surface area contributed by atoms with Crippen LogP contribution in [0.5, 0.6) is 0 Å². The van der Waals surface area contributed by atoms with Gasteiger partial charge in [0.1, 0.15) is 5.21 Å². The van der Waals surface area contributed by atoms with Gasteiger partial charge in [-0.05, 0) is 0 Å². The van der Waals surface area contributed by atoms with Crippen molar-refractivity contribution in [2.45, 2.75) is 6.92 Å². The van der Waals surface area contributed by atoms with Gasteiger partial charge in [-0.15, -0.1) is 11.6 Å². The van der Waals surface area contributed by atoms with E-state index in [0.717, 1.165) is 4.31 Å². The molecule has 0 rings (SSSR count). The van der Waals surface area contributed by atoms with E-state index in [0.29, 0.717) is 0 Å². The minimum atomic E-state index is -3.44. The summed E-state index contributed by atoms with van der Waals surface area (Å²) < 4.78 is 27.9. The zero-order valence-corrected chi connectivity index (χ0v) is 9.93. The molecule has 0 saturated carbocycles. The smallest absolute Gasteiger partial charge is 0.309 e. The van der Waals surface area contributed by atoms with E-state index in [2.05, 4.69) is 4.74 Å². The van der Waals surface area contributed by atoms with Crippen molar-refractivity contribution in [2.24, 2.45) is 5.92 Å². The summed E-state index contributed by atoms with van der Waals surface area (Å²) in [5.41, 5.74) is 0. The van der Waals surface area contributed by atoms with E-state index in [1.165, 1.54) is 14.2 Å². The molecular formula is C7H14ClNO4S. The van der Waals surface area contributed by atoms with Crippen LogP contribution in [0.1, 0.15) is 6.92 Å². The standard InChI is InChI=1S/C7H14ClNO4S/c1-6(7(10)13-3)4-9(2)14(11,12)5-8/h6H,4-5H2,1-3H3. The first-order valence-corrected chi connectivity index (χ1v) is 6.07. The van der Waals surface area contributed by atoms with Gasteiger partial charge in [-0.2, -0.15) is 0 Å². The van der Waals surface area contributed by atoms with E-state index < -0.39 is 27.1 Å². The Kier molecular flexibility index (Phi) is 5.40. The normalized spacial score (nSPS) is 14.1. The summed E-state index contributed by atoms with van der Waals surface area (Å²) in [4.78, 5) is 11.0. The van der Waals surface area contributed by atoms with Gasteiger partial charge < -0.3 is 4.74 Å². The van der Waals surface area contributed by atoms with Gasteiger partial charge in [-0.3, -0.25) is 4.79 Å². The molecule has 1 atom stereocenters. The number of methoxy groups -OCH3 is 1. The average Bonchev–Trinajstić information content (AvgIpc) is 2.16. The molecule has 0 aromatic heterocycles. The fourth-order valence-electron chi connectivity index (χ4n) is 0.858. The van der Waals surface area contributed by atoms with Crippen molar-refractivity contribution in [1.29, 1.82) is 0 Å². The Labute approximate surface area is 89.0 Å². The van der Waals surface area contributed by atoms with Crippen molar-refractivity contribution in [3.05, 3.63) is 0 Å². The van der Waals surface area contributed by atoms with Crippen molar-refractivity contribution < 1.29 is 17.9 Å². The van der Waals surface area contributed by atoms with Gasteiger partial charge in [0.2, 0.25) is 10.0 Å². The molecule has 84 valence electrons. The summed E-state index contributed by atoms with van der Waals surface area (Å²) in [5, 5.41) is -0.489. The Bertz CT molecular complexity index is 290. The van der Waals surface area contributed by atoms with Gasteiger partial charge in [0.25, 0.3) is 0 Å². The molecule has 0 saturated heterocycles. The maximum atomic E-state index is 11.2. The fraction of sp³-hybridized carbons (Fsp3) is 0.857. The number of hydrogen-bond donors (Lipinski definition) is 0. The van der Waals surface area contributed by atoms with Crippen molar-refractivity contribution >= 4 is 27.6 Å². The molecule has 0 heterocycles. The lowest BCUT2D eigenvalue weighted by atomic mass is 10.2. The molecule has 14 heavy (non-hydrogen) atoms. The topological polar surface area (TPSA) is 63.7 Å². The van der Waals surface area contributed by atoms with Crippen molar-refractivity contribution in [3.8, 4) is 0 Å². The molecule has 0 bridgehead atoms. The lowest BCUT2D eigenvalue weighted by Gasteiger charge is -2.18. The highest BCUT2D eigenvalue weighted by atomic mass is 35.5. The molecule has 0 spiro atoms. The second-order valence-corrected chi connectivity index (χ2v) is 5.59. The number of sulfonamides is 1. The van der Waals surface area contributed by atoms with Crippen LogP contribution in [-0.4, -0.2) is 44.6 Å². The number of esters is 1. The summed E-state index contributed by atoms with van der Waals surface area (Å²) in [7, 11) is -0.813. The highest BCUT2D eigenvalue weighted by Gasteiger charge is 2.22. The van der Waals surface area contributed by atoms with Crippen LogP contribution < -0.4 is 0 Å². The molecule has 0 aliphatic heterocycles. The lowest BCUT2D eigenvalue weighted by Crippen LogP contribution is -2.34. The predicted octanol–water partition coefficient (Wildman–Crippen LogP) is 0.253. The third-order valence-corrected chi connectivity index (χ3v) is 3.95. The zero-order chi connectivity index (χ0) is 11.4. The monoisotopic (exact) mass is 243 g/mol. The number of alkyl halides is 1. The first kappa shape index (κ1) is 13.7. The first-order valence-electron chi connectivity index (χ1n) is 3.93. The molecule has 0 fully saturated rings. The molecule has 0 amide bonds. The van der Waals surface area contributed by atoms with E-state index in [1.54, 1.807) is 6.92 Å². The number of carbonyl (C=O) groups excluding carboxylic acids is 1. The predicted molar refractivity (Wildman–Crippen MR) is 53.4 cm³/mol. The molecule has 0 N–H and O–H groups in total. The second kappa shape index (κ2) is 5.53. The molecule has 0 aromatic carbocycles. The number of rotatable bonds is 5. The first-order chi connectivity index (χ1) is 6.35. The molecule has 1 unspecified atom stereocenters. The van der Waals surface area contributed by atoms with Crippen molar-refractivity contribution in [1.82, 2.24) is 4.31 Å². The Morgan fingerprint density at radius 3 is 2.43 bits per heavy atom. The van der Waals surface area contributed by atoms with Crippen LogP contribution in [0.2, 0.25) is 0 Å². The summed E-state index contributed by atoms with van der Waals surface area (Å²) in [5.74, 6) is -0.940. The number of carbonyl (C=O) groups is 1. The van der Waals surface area contributed by atoms with Crippen LogP contribution in [0.25, 0.3) is 0 Å². The lowest BCUT2D eigenvalue weighted by molar-refractivity contribution is -0.144. The molecule has 0 aromatic rings. The van der Waals surface area contributed by atoms with E-state index in [-0.39, 0.29) is 6.54 Å². The summed E-state index contributed by atoms with van der Waals surface area (Å²) in [6.07, 6.45) is 0. The van der Waals surface area contributed by atoms with E-state index in [9.17, 15) is 13.2 Å². The van der Waals surface area contributed by atoms with Crippen LogP contribution in [-0.2, 0) is 19.6 Å². The average molecular weight is 244 g/mol. The minimum Gasteiger partial charge on any atom is -0.469 e. The molecule has 7 heteroatoms. The Morgan fingerprint density at radius 1 is 1.57 bits per heavy atom. The van der Waals surface area contributed by atoms with Gasteiger partial charge >= 0.3 is 5.97 Å². The fourth-order valence-corrected chi connectivity index (χ4v) is 1.98. The van der Waals surface area contributed by atoms with E-state index >= 15 is 0 Å². The highest BCUT2D eigenvalue weighted by Crippen LogP contribution is 2.06. The highest BCUT2D eigenvalue weighted by molar-refractivity contribution is 7.90. The molecular weight excluding hydrogens is 230 g/mol. The quantitative estimate of drug-likeness (QED) is 0.513.